The summed E-state index contributed by atoms with van der Waals surface area (Å²) in [7, 11) is 1.69. The minimum absolute atomic E-state index is 0.0398. The molecule has 1 heterocycles. The van der Waals surface area contributed by atoms with Gasteiger partial charge >= 0.3 is 0 Å². The maximum absolute atomic E-state index is 6.21. The fourth-order valence-corrected chi connectivity index (χ4v) is 2.51. The van der Waals surface area contributed by atoms with Gasteiger partial charge in [0.1, 0.15) is 17.4 Å². The minimum Gasteiger partial charge on any atom is -0.484 e. The van der Waals surface area contributed by atoms with E-state index in [-0.39, 0.29) is 6.10 Å². The molecule has 0 spiro atoms. The number of pyridine rings is 1. The number of nitrogens with one attached hydrogen (secondary N) is 1. The first-order valence-electron chi connectivity index (χ1n) is 7.20. The lowest BCUT2D eigenvalue weighted by Gasteiger charge is -2.20. The summed E-state index contributed by atoms with van der Waals surface area (Å²) in [6, 6.07) is 8.19. The van der Waals surface area contributed by atoms with Crippen molar-refractivity contribution in [2.24, 2.45) is 0 Å². The van der Waals surface area contributed by atoms with E-state index in [0.717, 1.165) is 23.2 Å². The number of ether oxygens (including phenoxy) is 2. The van der Waals surface area contributed by atoms with Gasteiger partial charge in [-0.1, -0.05) is 11.6 Å². The first-order valence-corrected chi connectivity index (χ1v) is 7.58. The second kappa shape index (κ2) is 6.60. The van der Waals surface area contributed by atoms with Crippen molar-refractivity contribution in [2.75, 3.05) is 20.3 Å². The van der Waals surface area contributed by atoms with E-state index in [1.54, 1.807) is 13.3 Å². The number of halogens is 1. The van der Waals surface area contributed by atoms with Gasteiger partial charge in [-0.3, -0.25) is 4.98 Å². The smallest absolute Gasteiger partial charge is 0.146 e. The molecule has 1 unspecified atom stereocenters. The first-order chi connectivity index (χ1) is 10.3. The molecule has 0 radical (unpaired) electrons. The second-order valence-electron chi connectivity index (χ2n) is 5.32. The zero-order chi connectivity index (χ0) is 14.7. The number of fused-ring (bicyclic) bond motifs is 1. The Morgan fingerprint density at radius 1 is 1.38 bits per heavy atom. The highest BCUT2D eigenvalue weighted by Crippen LogP contribution is 2.30. The molecule has 4 nitrogen and oxygen atoms in total. The Bertz CT molecular complexity index is 616. The summed E-state index contributed by atoms with van der Waals surface area (Å²) in [5.41, 5.74) is 0.789. The van der Waals surface area contributed by atoms with Crippen molar-refractivity contribution in [3.05, 3.63) is 35.5 Å². The van der Waals surface area contributed by atoms with Gasteiger partial charge in [0.25, 0.3) is 0 Å². The van der Waals surface area contributed by atoms with Gasteiger partial charge in [0.05, 0.1) is 11.6 Å². The van der Waals surface area contributed by atoms with Crippen molar-refractivity contribution in [3.63, 3.8) is 0 Å². The van der Waals surface area contributed by atoms with Gasteiger partial charge in [-0.05, 0) is 37.1 Å². The number of nitrogens with zero attached hydrogens (tertiary/aromatic N) is 1. The Morgan fingerprint density at radius 3 is 3.00 bits per heavy atom. The fraction of sp³-hybridized carbons (Fsp3) is 0.438. The van der Waals surface area contributed by atoms with Gasteiger partial charge in [0.2, 0.25) is 0 Å². The first kappa shape index (κ1) is 14.6. The topological polar surface area (TPSA) is 43.4 Å². The number of aromatic nitrogens is 1. The highest BCUT2D eigenvalue weighted by molar-refractivity contribution is 6.35. The Kier molecular flexibility index (Phi) is 4.58. The number of hydrogen-bond acceptors (Lipinski definition) is 4. The van der Waals surface area contributed by atoms with Crippen LogP contribution in [0.25, 0.3) is 10.9 Å². The summed E-state index contributed by atoms with van der Waals surface area (Å²) in [5, 5.41) is 5.06. The number of rotatable bonds is 7. The molecule has 21 heavy (non-hydrogen) atoms. The van der Waals surface area contributed by atoms with Crippen LogP contribution in [0.1, 0.15) is 12.8 Å². The van der Waals surface area contributed by atoms with E-state index in [4.69, 9.17) is 21.1 Å². The van der Waals surface area contributed by atoms with E-state index in [0.29, 0.717) is 17.7 Å². The average molecular weight is 307 g/mol. The molecule has 0 saturated heterocycles. The van der Waals surface area contributed by atoms with Crippen LogP contribution < -0.4 is 10.1 Å². The lowest BCUT2D eigenvalue weighted by Crippen LogP contribution is -2.36. The maximum Gasteiger partial charge on any atom is 0.146 e. The Labute approximate surface area is 129 Å². The zero-order valence-electron chi connectivity index (χ0n) is 12.0. The van der Waals surface area contributed by atoms with Crippen LogP contribution in [-0.4, -0.2) is 37.4 Å². The van der Waals surface area contributed by atoms with E-state index in [2.05, 4.69) is 10.3 Å². The van der Waals surface area contributed by atoms with Crippen molar-refractivity contribution in [2.45, 2.75) is 25.0 Å². The molecule has 1 aromatic carbocycles. The van der Waals surface area contributed by atoms with E-state index in [1.165, 1.54) is 12.8 Å². The van der Waals surface area contributed by atoms with E-state index < -0.39 is 0 Å². The van der Waals surface area contributed by atoms with E-state index in [9.17, 15) is 0 Å². The van der Waals surface area contributed by atoms with Gasteiger partial charge in [0.15, 0.2) is 0 Å². The van der Waals surface area contributed by atoms with E-state index >= 15 is 0 Å². The second-order valence-corrected chi connectivity index (χ2v) is 5.73. The van der Waals surface area contributed by atoms with Crippen LogP contribution in [0.15, 0.2) is 30.5 Å². The number of methoxy groups -OCH3 is 1. The normalized spacial score (nSPS) is 16.1. The van der Waals surface area contributed by atoms with Gasteiger partial charge < -0.3 is 14.8 Å². The molecular formula is C16H19ClN2O2. The van der Waals surface area contributed by atoms with Crippen LogP contribution in [0.5, 0.6) is 5.75 Å². The molecule has 0 aliphatic heterocycles. The molecule has 0 bridgehead atoms. The minimum atomic E-state index is -0.0398. The van der Waals surface area contributed by atoms with E-state index in [1.807, 2.05) is 24.3 Å². The predicted molar refractivity (Wildman–Crippen MR) is 84.1 cm³/mol. The number of hydrogen-bond donors (Lipinski definition) is 1. The average Bonchev–Trinajstić information content (AvgIpc) is 3.32. The standard InChI is InChI=1S/C16H19ClN2O2/c1-20-10-12(9-19-11-4-5-11)21-15-7-6-14(17)13-3-2-8-18-16(13)15/h2-3,6-8,11-12,19H,4-5,9-10H2,1H3. The lowest BCUT2D eigenvalue weighted by atomic mass is 10.2. The summed E-state index contributed by atoms with van der Waals surface area (Å²) in [4.78, 5) is 4.39. The summed E-state index contributed by atoms with van der Waals surface area (Å²) < 4.78 is 11.3. The van der Waals surface area contributed by atoms with Crippen molar-refractivity contribution >= 4 is 22.5 Å². The van der Waals surface area contributed by atoms with Crippen molar-refractivity contribution in [3.8, 4) is 5.75 Å². The molecule has 1 N–H and O–H groups in total. The summed E-state index contributed by atoms with van der Waals surface area (Å²) in [6.45, 7) is 1.31. The summed E-state index contributed by atoms with van der Waals surface area (Å²) in [6.07, 6.45) is 4.22. The molecule has 1 aliphatic rings. The largest absolute Gasteiger partial charge is 0.484 e. The van der Waals surface area contributed by atoms with Crippen molar-refractivity contribution in [1.82, 2.24) is 10.3 Å². The molecule has 1 atom stereocenters. The van der Waals surface area contributed by atoms with Crippen molar-refractivity contribution in [1.29, 1.82) is 0 Å². The third-order valence-corrected chi connectivity index (χ3v) is 3.87. The third kappa shape index (κ3) is 3.64. The molecule has 1 aliphatic carbocycles. The fourth-order valence-electron chi connectivity index (χ4n) is 2.29. The lowest BCUT2D eigenvalue weighted by molar-refractivity contribution is 0.0813. The van der Waals surface area contributed by atoms with Gasteiger partial charge in [0, 0.05) is 31.3 Å². The Balaban J connectivity index is 1.79. The molecule has 1 fully saturated rings. The highest BCUT2D eigenvalue weighted by atomic mass is 35.5. The van der Waals surface area contributed by atoms with Crippen LogP contribution >= 0.6 is 11.6 Å². The predicted octanol–water partition coefficient (Wildman–Crippen LogP) is 3.03. The molecule has 2 aromatic rings. The van der Waals surface area contributed by atoms with Gasteiger partial charge in [-0.25, -0.2) is 0 Å². The van der Waals surface area contributed by atoms with Gasteiger partial charge in [-0.2, -0.15) is 0 Å². The van der Waals surface area contributed by atoms with Crippen LogP contribution in [0.3, 0.4) is 0 Å². The van der Waals surface area contributed by atoms with Gasteiger partial charge in [-0.15, -0.1) is 0 Å². The molecule has 5 heteroatoms. The highest BCUT2D eigenvalue weighted by Gasteiger charge is 2.23. The molecule has 0 amide bonds. The maximum atomic E-state index is 6.21. The quantitative estimate of drug-likeness (QED) is 0.854. The van der Waals surface area contributed by atoms with Crippen molar-refractivity contribution < 1.29 is 9.47 Å². The van der Waals surface area contributed by atoms with Crippen LogP contribution in [0.2, 0.25) is 5.02 Å². The van der Waals surface area contributed by atoms with Crippen LogP contribution in [0, 0.1) is 0 Å². The molecule has 1 aromatic heterocycles. The molecule has 112 valence electrons. The molecular weight excluding hydrogens is 288 g/mol. The summed E-state index contributed by atoms with van der Waals surface area (Å²) >= 11 is 6.21. The van der Waals surface area contributed by atoms with Crippen LogP contribution in [-0.2, 0) is 4.74 Å². The van der Waals surface area contributed by atoms with Crippen LogP contribution in [0.4, 0.5) is 0 Å². The number of benzene rings is 1. The molecule has 1 saturated carbocycles. The monoisotopic (exact) mass is 306 g/mol. The summed E-state index contributed by atoms with van der Waals surface area (Å²) in [5.74, 6) is 0.745. The SMILES string of the molecule is COCC(CNC1CC1)Oc1ccc(Cl)c2cccnc12. The molecule has 3 rings (SSSR count). The Morgan fingerprint density at radius 2 is 2.24 bits per heavy atom. The Hall–Kier alpha value is -1.36. The zero-order valence-corrected chi connectivity index (χ0v) is 12.8. The third-order valence-electron chi connectivity index (χ3n) is 3.54.